The molecule has 1 aliphatic heterocycles. The highest BCUT2D eigenvalue weighted by atomic mass is 35.5. The summed E-state index contributed by atoms with van der Waals surface area (Å²) in [6.45, 7) is 1.04. The maximum absolute atomic E-state index is 12.5. The molecule has 1 saturated heterocycles. The highest BCUT2D eigenvalue weighted by Gasteiger charge is 2.23. The first kappa shape index (κ1) is 18.1. The van der Waals surface area contributed by atoms with Crippen LogP contribution in [0.1, 0.15) is 15.9 Å². The fourth-order valence-electron chi connectivity index (χ4n) is 3.05. The number of anilines is 1. The van der Waals surface area contributed by atoms with Gasteiger partial charge >= 0.3 is 17.8 Å². The molecule has 1 fully saturated rings. The number of benzene rings is 2. The number of ether oxygens (including phenoxy) is 1. The van der Waals surface area contributed by atoms with Crippen molar-refractivity contribution in [3.63, 3.8) is 0 Å². The number of carbonyl (C=O) groups excluding carboxylic acids is 2. The van der Waals surface area contributed by atoms with Crippen molar-refractivity contribution in [2.24, 2.45) is 7.05 Å². The molecule has 2 aromatic carbocycles. The molecule has 28 heavy (non-hydrogen) atoms. The Morgan fingerprint density at radius 1 is 1.25 bits per heavy atom. The number of esters is 1. The third-order valence-electron chi connectivity index (χ3n) is 4.56. The average Bonchev–Trinajstić information content (AvgIpc) is 3.23. The van der Waals surface area contributed by atoms with E-state index in [9.17, 15) is 14.4 Å². The second-order valence-electron chi connectivity index (χ2n) is 6.35. The second kappa shape index (κ2) is 7.05. The number of hydrogen-bond donors (Lipinski definition) is 1. The summed E-state index contributed by atoms with van der Waals surface area (Å²) in [5.41, 5.74) is 2.48. The zero-order chi connectivity index (χ0) is 19.8. The van der Waals surface area contributed by atoms with E-state index >= 15 is 0 Å². The lowest BCUT2D eigenvalue weighted by molar-refractivity contribution is 0.0473. The van der Waals surface area contributed by atoms with Gasteiger partial charge in [0.25, 0.3) is 0 Å². The number of nitrogens with zero attached hydrogens (tertiary/aromatic N) is 2. The number of rotatable bonds is 4. The van der Waals surface area contributed by atoms with Crippen molar-refractivity contribution in [2.45, 2.75) is 6.61 Å². The van der Waals surface area contributed by atoms with Crippen LogP contribution in [0.2, 0.25) is 5.02 Å². The number of aryl methyl sites for hydroxylation is 1. The number of aromatic nitrogens is 1. The quantitative estimate of drug-likeness (QED) is 0.678. The molecule has 3 aromatic rings. The second-order valence-corrected chi connectivity index (χ2v) is 6.76. The maximum atomic E-state index is 12.5. The normalized spacial score (nSPS) is 13.8. The molecule has 0 bridgehead atoms. The lowest BCUT2D eigenvalue weighted by atomic mass is 10.2. The van der Waals surface area contributed by atoms with Crippen LogP contribution in [0.25, 0.3) is 11.1 Å². The summed E-state index contributed by atoms with van der Waals surface area (Å²) in [6, 6.07) is 9.67. The van der Waals surface area contributed by atoms with Crippen LogP contribution in [-0.2, 0) is 18.4 Å². The van der Waals surface area contributed by atoms with Crippen LogP contribution >= 0.6 is 11.6 Å². The number of fused-ring (bicyclic) bond motifs is 1. The zero-order valence-corrected chi connectivity index (χ0v) is 15.7. The Kier molecular flexibility index (Phi) is 4.56. The van der Waals surface area contributed by atoms with E-state index in [2.05, 4.69) is 5.32 Å². The zero-order valence-electron chi connectivity index (χ0n) is 14.9. The summed E-state index contributed by atoms with van der Waals surface area (Å²) in [7, 11) is 1.61. The Hall–Kier alpha value is -3.26. The molecule has 9 heteroatoms. The van der Waals surface area contributed by atoms with E-state index in [1.165, 1.54) is 15.5 Å². The first-order valence-electron chi connectivity index (χ1n) is 8.54. The van der Waals surface area contributed by atoms with E-state index in [1.807, 2.05) is 0 Å². The Bertz CT molecular complexity index is 1150. The molecule has 0 spiro atoms. The Morgan fingerprint density at radius 2 is 2.07 bits per heavy atom. The Balaban J connectivity index is 1.52. The maximum Gasteiger partial charge on any atom is 0.419 e. The molecular weight excluding hydrogens is 386 g/mol. The number of hydrogen-bond acceptors (Lipinski definition) is 5. The molecule has 2 amide bonds. The van der Waals surface area contributed by atoms with Crippen LogP contribution in [0, 0.1) is 0 Å². The number of halogens is 1. The topological polar surface area (TPSA) is 93.8 Å². The molecule has 144 valence electrons. The molecular formula is C19H16ClN3O5. The molecule has 4 rings (SSSR count). The minimum Gasteiger partial charge on any atom is -0.457 e. The van der Waals surface area contributed by atoms with Crippen LogP contribution in [0.5, 0.6) is 0 Å². The Morgan fingerprint density at radius 3 is 2.82 bits per heavy atom. The fourth-order valence-corrected chi connectivity index (χ4v) is 3.24. The summed E-state index contributed by atoms with van der Waals surface area (Å²) < 4.78 is 11.9. The van der Waals surface area contributed by atoms with Gasteiger partial charge in [-0.05, 0) is 35.9 Å². The summed E-state index contributed by atoms with van der Waals surface area (Å²) in [5, 5.41) is 2.94. The molecule has 2 heterocycles. The molecule has 0 atom stereocenters. The van der Waals surface area contributed by atoms with E-state index in [0.29, 0.717) is 35.4 Å². The lowest BCUT2D eigenvalue weighted by Gasteiger charge is -2.15. The largest absolute Gasteiger partial charge is 0.457 e. The number of oxazole rings is 1. The van der Waals surface area contributed by atoms with Gasteiger partial charge in [-0.15, -0.1) is 0 Å². The summed E-state index contributed by atoms with van der Waals surface area (Å²) in [4.78, 5) is 37.4. The van der Waals surface area contributed by atoms with Crippen LogP contribution in [-0.4, -0.2) is 29.7 Å². The van der Waals surface area contributed by atoms with Crippen molar-refractivity contribution >= 4 is 40.4 Å². The Labute approximate surface area is 164 Å². The molecule has 1 N–H and O–H groups in total. The lowest BCUT2D eigenvalue weighted by Crippen LogP contribution is -2.27. The number of carbonyl (C=O) groups is 2. The van der Waals surface area contributed by atoms with Gasteiger partial charge in [0.1, 0.15) is 6.61 Å². The molecule has 0 radical (unpaired) electrons. The predicted molar refractivity (Wildman–Crippen MR) is 103 cm³/mol. The summed E-state index contributed by atoms with van der Waals surface area (Å²) >= 11 is 6.14. The molecule has 1 aromatic heterocycles. The van der Waals surface area contributed by atoms with Crippen molar-refractivity contribution in [1.82, 2.24) is 9.88 Å². The first-order valence-corrected chi connectivity index (χ1v) is 8.92. The third kappa shape index (κ3) is 3.22. The van der Waals surface area contributed by atoms with Gasteiger partial charge in [0, 0.05) is 25.8 Å². The van der Waals surface area contributed by atoms with Crippen molar-refractivity contribution in [3.05, 3.63) is 63.1 Å². The van der Waals surface area contributed by atoms with Gasteiger partial charge in [0.15, 0.2) is 5.58 Å². The van der Waals surface area contributed by atoms with E-state index < -0.39 is 11.7 Å². The van der Waals surface area contributed by atoms with Crippen LogP contribution in [0.15, 0.2) is 45.6 Å². The summed E-state index contributed by atoms with van der Waals surface area (Å²) in [5.74, 6) is -1.07. The van der Waals surface area contributed by atoms with Crippen LogP contribution in [0.4, 0.5) is 10.5 Å². The first-order chi connectivity index (χ1) is 13.4. The van der Waals surface area contributed by atoms with Gasteiger partial charge in [-0.1, -0.05) is 17.7 Å². The van der Waals surface area contributed by atoms with E-state index in [4.69, 9.17) is 20.8 Å². The van der Waals surface area contributed by atoms with Gasteiger partial charge in [0.05, 0.1) is 16.1 Å². The minimum absolute atomic E-state index is 0.0157. The highest BCUT2D eigenvalue weighted by molar-refractivity contribution is 6.33. The molecule has 0 unspecified atom stereocenters. The molecule has 1 aliphatic rings. The van der Waals surface area contributed by atoms with E-state index in [-0.39, 0.29) is 23.2 Å². The highest BCUT2D eigenvalue weighted by Crippen LogP contribution is 2.25. The third-order valence-corrected chi connectivity index (χ3v) is 4.89. The van der Waals surface area contributed by atoms with Gasteiger partial charge in [-0.2, -0.15) is 0 Å². The molecule has 0 saturated carbocycles. The van der Waals surface area contributed by atoms with Crippen LogP contribution in [0.3, 0.4) is 0 Å². The van der Waals surface area contributed by atoms with Gasteiger partial charge in [-0.3, -0.25) is 9.47 Å². The smallest absolute Gasteiger partial charge is 0.419 e. The fraction of sp³-hybridized carbons (Fsp3) is 0.211. The SMILES string of the molecule is Cn1c(=O)oc2cc(COC(=O)c3cc(N4CCNC4=O)ccc3Cl)ccc21. The van der Waals surface area contributed by atoms with E-state index in [1.54, 1.807) is 37.4 Å². The predicted octanol–water partition coefficient (Wildman–Crippen LogP) is 2.67. The monoisotopic (exact) mass is 401 g/mol. The van der Waals surface area contributed by atoms with Crippen molar-refractivity contribution in [1.29, 1.82) is 0 Å². The van der Waals surface area contributed by atoms with Crippen molar-refractivity contribution in [2.75, 3.05) is 18.0 Å². The number of nitrogens with one attached hydrogen (secondary N) is 1. The van der Waals surface area contributed by atoms with E-state index in [0.717, 1.165) is 0 Å². The van der Waals surface area contributed by atoms with Crippen LogP contribution < -0.4 is 16.0 Å². The standard InChI is InChI=1S/C19H16ClN3O5/c1-22-15-5-2-11(8-16(15)28-19(22)26)10-27-17(24)13-9-12(3-4-14(13)20)23-7-6-21-18(23)25/h2-5,8-9H,6-7,10H2,1H3,(H,21,25). The minimum atomic E-state index is -0.610. The van der Waals surface area contributed by atoms with Gasteiger partial charge in [-0.25, -0.2) is 14.4 Å². The van der Waals surface area contributed by atoms with Crippen molar-refractivity contribution < 1.29 is 18.7 Å². The van der Waals surface area contributed by atoms with Gasteiger partial charge in [0.2, 0.25) is 0 Å². The average molecular weight is 402 g/mol. The number of amides is 2. The number of urea groups is 1. The van der Waals surface area contributed by atoms with Gasteiger partial charge < -0.3 is 14.5 Å². The molecule has 0 aliphatic carbocycles. The van der Waals surface area contributed by atoms with Crippen molar-refractivity contribution in [3.8, 4) is 0 Å². The molecule has 8 nitrogen and oxygen atoms in total. The summed E-state index contributed by atoms with van der Waals surface area (Å²) in [6.07, 6.45) is 0.